The molecule has 2 aromatic carbocycles. The lowest BCUT2D eigenvalue weighted by molar-refractivity contribution is -0.117. The van der Waals surface area contributed by atoms with Crippen molar-refractivity contribution in [2.45, 2.75) is 25.8 Å². The molecular weight excluding hydrogens is 345 g/mol. The lowest BCUT2D eigenvalue weighted by atomic mass is 9.99. The van der Waals surface area contributed by atoms with Crippen molar-refractivity contribution < 1.29 is 13.6 Å². The van der Waals surface area contributed by atoms with E-state index in [1.807, 2.05) is 18.2 Å². The first-order chi connectivity index (χ1) is 13.0. The summed E-state index contributed by atoms with van der Waals surface area (Å²) < 4.78 is 19.6. The zero-order valence-electron chi connectivity index (χ0n) is 14.8. The number of amides is 1. The molecule has 1 atom stereocenters. The van der Waals surface area contributed by atoms with E-state index in [0.29, 0.717) is 16.9 Å². The highest BCUT2D eigenvalue weighted by atomic mass is 19.1. The third-order valence-corrected chi connectivity index (χ3v) is 4.57. The zero-order valence-corrected chi connectivity index (χ0v) is 14.8. The van der Waals surface area contributed by atoms with E-state index in [1.54, 1.807) is 25.1 Å². The predicted octanol–water partition coefficient (Wildman–Crippen LogP) is 4.50. The molecule has 3 aromatic rings. The number of fused-ring (bicyclic) bond motifs is 1. The first-order valence-electron chi connectivity index (χ1n) is 8.84. The molecule has 4 nitrogen and oxygen atoms in total. The van der Waals surface area contributed by atoms with Gasteiger partial charge >= 0.3 is 0 Å². The summed E-state index contributed by atoms with van der Waals surface area (Å²) in [7, 11) is 0. The second-order valence-electron chi connectivity index (χ2n) is 6.71. The summed E-state index contributed by atoms with van der Waals surface area (Å²) in [6.07, 6.45) is 3.49. The third-order valence-electron chi connectivity index (χ3n) is 4.57. The Hall–Kier alpha value is -3.21. The van der Waals surface area contributed by atoms with Crippen LogP contribution in [0.15, 0.2) is 69.4 Å². The van der Waals surface area contributed by atoms with Crippen LogP contribution in [0.1, 0.15) is 31.6 Å². The van der Waals surface area contributed by atoms with Crippen molar-refractivity contribution in [1.82, 2.24) is 5.32 Å². The van der Waals surface area contributed by atoms with Crippen molar-refractivity contribution >= 4 is 16.9 Å². The Morgan fingerprint density at radius 1 is 1.19 bits per heavy atom. The van der Waals surface area contributed by atoms with Crippen molar-refractivity contribution in [3.8, 4) is 11.1 Å². The van der Waals surface area contributed by atoms with Crippen molar-refractivity contribution in [2.24, 2.45) is 0 Å². The van der Waals surface area contributed by atoms with E-state index < -0.39 is 11.9 Å². The number of allylic oxidation sites excluding steroid dienone is 1. The normalized spacial score (nSPS) is 14.1. The van der Waals surface area contributed by atoms with E-state index in [0.717, 1.165) is 18.4 Å². The van der Waals surface area contributed by atoms with Crippen LogP contribution in [-0.2, 0) is 4.79 Å². The molecule has 1 aliphatic rings. The molecule has 1 aromatic heterocycles. The second-order valence-corrected chi connectivity index (χ2v) is 6.71. The van der Waals surface area contributed by atoms with Gasteiger partial charge in [0.2, 0.25) is 11.3 Å². The number of hydrogen-bond acceptors (Lipinski definition) is 3. The van der Waals surface area contributed by atoms with Crippen LogP contribution in [0.5, 0.6) is 0 Å². The molecule has 136 valence electrons. The highest BCUT2D eigenvalue weighted by Crippen LogP contribution is 2.30. The van der Waals surface area contributed by atoms with Gasteiger partial charge in [-0.05, 0) is 43.5 Å². The standard InChI is InChI=1S/C22H18FNO3/c1-13(24-19(25)11-14-7-8-14)22-20(15-5-3-2-4-6-15)21(26)17-12-16(23)9-10-18(17)27-22/h2-6,9-13H,7-8H2,1H3,(H,24,25). The maximum Gasteiger partial charge on any atom is 0.244 e. The summed E-state index contributed by atoms with van der Waals surface area (Å²) in [5.41, 5.74) is 2.07. The molecule has 0 radical (unpaired) electrons. The minimum absolute atomic E-state index is 0.177. The molecule has 1 aliphatic carbocycles. The van der Waals surface area contributed by atoms with Gasteiger partial charge in [0.15, 0.2) is 0 Å². The van der Waals surface area contributed by atoms with Gasteiger partial charge in [0.25, 0.3) is 0 Å². The van der Waals surface area contributed by atoms with Crippen LogP contribution in [0.3, 0.4) is 0 Å². The monoisotopic (exact) mass is 363 g/mol. The topological polar surface area (TPSA) is 59.3 Å². The Kier molecular flexibility index (Phi) is 4.36. The molecular formula is C22H18FNO3. The molecule has 1 fully saturated rings. The smallest absolute Gasteiger partial charge is 0.244 e. The number of halogens is 1. The number of carbonyl (C=O) groups excluding carboxylic acids is 1. The number of nitrogens with one attached hydrogen (secondary N) is 1. The first-order valence-corrected chi connectivity index (χ1v) is 8.84. The highest BCUT2D eigenvalue weighted by molar-refractivity contribution is 5.89. The Bertz CT molecular complexity index is 1110. The molecule has 4 rings (SSSR count). The van der Waals surface area contributed by atoms with E-state index in [4.69, 9.17) is 4.42 Å². The summed E-state index contributed by atoms with van der Waals surface area (Å²) >= 11 is 0. The Morgan fingerprint density at radius 3 is 2.63 bits per heavy atom. The van der Waals surface area contributed by atoms with E-state index in [9.17, 15) is 14.0 Å². The third kappa shape index (κ3) is 3.53. The zero-order chi connectivity index (χ0) is 19.0. The number of rotatable bonds is 4. The van der Waals surface area contributed by atoms with Crippen molar-refractivity contribution in [2.75, 3.05) is 0 Å². The molecule has 1 N–H and O–H groups in total. The van der Waals surface area contributed by atoms with Crippen LogP contribution in [0.2, 0.25) is 0 Å². The van der Waals surface area contributed by atoms with Gasteiger partial charge in [0, 0.05) is 6.08 Å². The minimum Gasteiger partial charge on any atom is -0.458 e. The van der Waals surface area contributed by atoms with Crippen LogP contribution in [0.4, 0.5) is 4.39 Å². The molecule has 0 saturated heterocycles. The summed E-state index contributed by atoms with van der Waals surface area (Å²) in [5.74, 6) is -0.359. The van der Waals surface area contributed by atoms with Crippen molar-refractivity contribution in [3.63, 3.8) is 0 Å². The van der Waals surface area contributed by atoms with Gasteiger partial charge in [-0.15, -0.1) is 0 Å². The van der Waals surface area contributed by atoms with Gasteiger partial charge in [-0.1, -0.05) is 35.9 Å². The molecule has 1 unspecified atom stereocenters. The van der Waals surface area contributed by atoms with E-state index in [2.05, 4.69) is 5.32 Å². The number of benzene rings is 2. The Balaban J connectivity index is 1.87. The average molecular weight is 363 g/mol. The van der Waals surface area contributed by atoms with E-state index in [-0.39, 0.29) is 22.3 Å². The average Bonchev–Trinajstić information content (AvgIpc) is 3.46. The lowest BCUT2D eigenvalue weighted by Gasteiger charge is -2.17. The number of hydrogen-bond donors (Lipinski definition) is 1. The summed E-state index contributed by atoms with van der Waals surface area (Å²) in [6, 6.07) is 12.4. The van der Waals surface area contributed by atoms with Gasteiger partial charge < -0.3 is 9.73 Å². The minimum atomic E-state index is -0.523. The summed E-state index contributed by atoms with van der Waals surface area (Å²) in [6.45, 7) is 1.77. The Morgan fingerprint density at radius 2 is 1.93 bits per heavy atom. The first kappa shape index (κ1) is 17.2. The van der Waals surface area contributed by atoms with Gasteiger partial charge in [0.05, 0.1) is 17.0 Å². The molecule has 0 aliphatic heterocycles. The molecule has 0 bridgehead atoms. The van der Waals surface area contributed by atoms with Crippen LogP contribution >= 0.6 is 0 Å². The van der Waals surface area contributed by atoms with Crippen LogP contribution in [-0.4, -0.2) is 5.91 Å². The molecule has 0 spiro atoms. The molecule has 1 amide bonds. The number of carbonyl (C=O) groups is 1. The fourth-order valence-corrected chi connectivity index (χ4v) is 3.09. The van der Waals surface area contributed by atoms with E-state index in [1.165, 1.54) is 18.2 Å². The Labute approximate surface area is 155 Å². The van der Waals surface area contributed by atoms with Gasteiger partial charge in [-0.25, -0.2) is 4.39 Å². The predicted molar refractivity (Wildman–Crippen MR) is 102 cm³/mol. The van der Waals surface area contributed by atoms with Crippen LogP contribution < -0.4 is 10.7 Å². The molecule has 27 heavy (non-hydrogen) atoms. The van der Waals surface area contributed by atoms with Crippen molar-refractivity contribution in [3.05, 3.63) is 82.0 Å². The summed E-state index contributed by atoms with van der Waals surface area (Å²) in [4.78, 5) is 25.3. The summed E-state index contributed by atoms with van der Waals surface area (Å²) in [5, 5.41) is 3.04. The van der Waals surface area contributed by atoms with Crippen molar-refractivity contribution in [1.29, 1.82) is 0 Å². The maximum absolute atomic E-state index is 13.7. The highest BCUT2D eigenvalue weighted by Gasteiger charge is 2.22. The van der Waals surface area contributed by atoms with Crippen LogP contribution in [0, 0.1) is 5.82 Å². The molecule has 5 heteroatoms. The SMILES string of the molecule is CC(NC(=O)C=C1CC1)c1oc2ccc(F)cc2c(=O)c1-c1ccccc1. The van der Waals surface area contributed by atoms with Gasteiger partial charge in [-0.3, -0.25) is 9.59 Å². The lowest BCUT2D eigenvalue weighted by Crippen LogP contribution is -2.26. The molecule has 1 heterocycles. The second kappa shape index (κ2) is 6.83. The quantitative estimate of drug-likeness (QED) is 0.695. The van der Waals surface area contributed by atoms with Gasteiger partial charge in [0.1, 0.15) is 17.2 Å². The van der Waals surface area contributed by atoms with Gasteiger partial charge in [-0.2, -0.15) is 0 Å². The van der Waals surface area contributed by atoms with Crippen LogP contribution in [0.25, 0.3) is 22.1 Å². The van der Waals surface area contributed by atoms with E-state index >= 15 is 0 Å². The maximum atomic E-state index is 13.7. The fraction of sp³-hybridized carbons (Fsp3) is 0.182. The fourth-order valence-electron chi connectivity index (χ4n) is 3.09. The molecule has 1 saturated carbocycles. The largest absolute Gasteiger partial charge is 0.458 e.